The Morgan fingerprint density at radius 1 is 0.574 bits per heavy atom. The first-order valence-corrected chi connectivity index (χ1v) is 29.9. The molecule has 3 aromatic carbocycles. The van der Waals surface area contributed by atoms with Crippen LogP contribution >= 0.6 is 59.5 Å². The predicted octanol–water partition coefficient (Wildman–Crippen LogP) is 15.2. The molecule has 0 saturated heterocycles. The first-order chi connectivity index (χ1) is 27.4. The van der Waals surface area contributed by atoms with Crippen LogP contribution in [0.25, 0.3) is 0 Å². The molecule has 0 heterocycles. The fourth-order valence-electron chi connectivity index (χ4n) is 5.33. The van der Waals surface area contributed by atoms with E-state index >= 15 is 0 Å². The van der Waals surface area contributed by atoms with Gasteiger partial charge in [0.15, 0.2) is 27.6 Å². The smallest absolute Gasteiger partial charge is 0.317 e. The van der Waals surface area contributed by atoms with Crippen LogP contribution in [0.2, 0.25) is 0 Å². The standard InChI is InChI=1S/C15H25O3P.C14H22OS.C13H19ClO.C2H7O2P.Ag.Cl2O2S/c1-11(2)13-8-7-9-14(12(3)4)15(13)17-10-18-19(5,6)16;1-10(2)12-7-6-8-13(11(3)4)14(12)15-9-16-5;1-9(2)11-6-5-7-12(10(3)4)13(11)15-8-14;1-5(2,3)4;;1-5(2,3)4/h7-9,11-12H,10H2,1-6H3;6-8,10-11H,9H2,1-5H3;5-7,9-10H,8H2,1-4H3;1-2H3,(H,3,4);;. The van der Waals surface area contributed by atoms with Gasteiger partial charge in [-0.25, -0.2) is 0 Å². The molecule has 3 rings (SSSR count). The minimum atomic E-state index is -3.72. The monoisotopic (exact) mass is 1080 g/mol. The molecule has 17 heteroatoms. The van der Waals surface area contributed by atoms with Crippen molar-refractivity contribution in [2.24, 2.45) is 0 Å². The van der Waals surface area contributed by atoms with Crippen molar-refractivity contribution < 1.29 is 63.6 Å². The average molecular weight is 1090 g/mol. The maximum atomic E-state index is 11.5. The Balaban J connectivity index is -0.000000741. The molecule has 1 radical (unpaired) electrons. The van der Waals surface area contributed by atoms with Crippen molar-refractivity contribution in [2.45, 2.75) is 119 Å². The van der Waals surface area contributed by atoms with Crippen LogP contribution < -0.4 is 14.2 Å². The number of alkyl halides is 1. The molecule has 0 aliphatic rings. The van der Waals surface area contributed by atoms with Gasteiger partial charge in [0.05, 0.1) is 0 Å². The fourth-order valence-corrected chi connectivity index (χ4v) is 5.98. The Labute approximate surface area is 403 Å². The Kier molecular flexibility index (Phi) is 34.0. The molecule has 9 nitrogen and oxygen atoms in total. The Morgan fingerprint density at radius 3 is 1.00 bits per heavy atom. The van der Waals surface area contributed by atoms with E-state index in [1.807, 2.05) is 0 Å². The van der Waals surface area contributed by atoms with Crippen molar-refractivity contribution in [3.05, 3.63) is 88.0 Å². The minimum Gasteiger partial charge on any atom is -0.482 e. The zero-order valence-corrected chi connectivity index (χ0v) is 46.3. The Bertz CT molecular complexity index is 1790. The molecule has 357 valence electrons. The molecular weight excluding hydrogens is 1010 g/mol. The van der Waals surface area contributed by atoms with E-state index in [0.29, 0.717) is 35.5 Å². The maximum absolute atomic E-state index is 11.5. The summed E-state index contributed by atoms with van der Waals surface area (Å²) in [6.45, 7) is 31.9. The van der Waals surface area contributed by atoms with Crippen molar-refractivity contribution in [3.63, 3.8) is 0 Å². The number of para-hydroxylation sites is 3. The van der Waals surface area contributed by atoms with E-state index in [4.69, 9.17) is 43.6 Å². The van der Waals surface area contributed by atoms with Gasteiger partial charge >= 0.3 is 8.26 Å². The van der Waals surface area contributed by atoms with Crippen molar-refractivity contribution in [1.29, 1.82) is 0 Å². The number of benzene rings is 3. The second-order valence-electron chi connectivity index (χ2n) is 16.3. The Morgan fingerprint density at radius 2 is 0.803 bits per heavy atom. The summed E-state index contributed by atoms with van der Waals surface area (Å²) in [5.41, 5.74) is 7.44. The SMILES string of the molecule is CC(C)c1cccc(C(C)C)c1OCCl.CC(C)c1cccc(C(C)C)c1OCOP(C)(C)=O.CP(C)(=O)O.CSCOc1c(C(C)C)cccc1C(C)C.O=S(=O)(Cl)Cl.[Ag]. The number of ether oxygens (including phenoxy) is 3. The predicted molar refractivity (Wildman–Crippen MR) is 263 cm³/mol. The van der Waals surface area contributed by atoms with Crippen molar-refractivity contribution in [3.8, 4) is 17.2 Å². The summed E-state index contributed by atoms with van der Waals surface area (Å²) in [5, 5.41) is 0. The molecule has 0 bridgehead atoms. The molecule has 1 N–H and O–H groups in total. The van der Waals surface area contributed by atoms with Gasteiger partial charge in [0, 0.05) is 70.4 Å². The molecule has 0 unspecified atom stereocenters. The summed E-state index contributed by atoms with van der Waals surface area (Å²) in [4.78, 5) is 8.08. The van der Waals surface area contributed by atoms with Gasteiger partial charge in [-0.1, -0.05) is 149 Å². The molecule has 0 atom stereocenters. The molecule has 0 aromatic heterocycles. The number of thioether (sulfide) groups is 1. The van der Waals surface area contributed by atoms with Gasteiger partial charge in [-0.2, -0.15) is 8.42 Å². The molecule has 0 aliphatic heterocycles. The van der Waals surface area contributed by atoms with Crippen LogP contribution in [0.4, 0.5) is 0 Å². The molecule has 0 saturated carbocycles. The normalized spacial score (nSPS) is 11.4. The van der Waals surface area contributed by atoms with Crippen molar-refractivity contribution in [2.75, 3.05) is 51.7 Å². The van der Waals surface area contributed by atoms with E-state index in [0.717, 1.165) is 34.3 Å². The molecule has 0 aliphatic carbocycles. The zero-order chi connectivity index (χ0) is 47.2. The second kappa shape index (κ2) is 32.1. The van der Waals surface area contributed by atoms with Gasteiger partial charge in [0.2, 0.25) is 0 Å². The molecule has 0 amide bonds. The van der Waals surface area contributed by atoms with Crippen LogP contribution in [0.15, 0.2) is 54.6 Å². The van der Waals surface area contributed by atoms with Gasteiger partial charge in [0.1, 0.15) is 23.2 Å². The third-order valence-electron chi connectivity index (χ3n) is 8.05. The average Bonchev–Trinajstić information content (AvgIpc) is 3.09. The van der Waals surface area contributed by atoms with Gasteiger partial charge in [-0.15, -0.1) is 11.8 Å². The molecular formula is C44H73AgCl3O9P2S2. The van der Waals surface area contributed by atoms with E-state index in [2.05, 4.69) is 165 Å². The molecule has 61 heavy (non-hydrogen) atoms. The number of rotatable bonds is 15. The zero-order valence-electron chi connectivity index (χ0n) is 39.1. The molecule has 0 fully saturated rings. The summed E-state index contributed by atoms with van der Waals surface area (Å²) in [7, 11) is -0.331. The van der Waals surface area contributed by atoms with E-state index in [1.165, 1.54) is 35.6 Å². The first kappa shape index (κ1) is 64.6. The van der Waals surface area contributed by atoms with E-state index < -0.39 is 23.0 Å². The van der Waals surface area contributed by atoms with Crippen LogP contribution in [-0.2, 0) is 44.3 Å². The van der Waals surface area contributed by atoms with E-state index in [9.17, 15) is 9.13 Å². The van der Waals surface area contributed by atoms with Crippen LogP contribution in [0.3, 0.4) is 0 Å². The summed E-state index contributed by atoms with van der Waals surface area (Å²) in [6, 6.07) is 19.2. The van der Waals surface area contributed by atoms with E-state index in [-0.39, 0.29) is 35.2 Å². The van der Waals surface area contributed by atoms with E-state index in [1.54, 1.807) is 25.1 Å². The number of hydrogen-bond donors (Lipinski definition) is 1. The fraction of sp³-hybridized carbons (Fsp3) is 0.591. The topological polar surface area (TPSA) is 125 Å². The van der Waals surface area contributed by atoms with Crippen molar-refractivity contribution in [1.82, 2.24) is 0 Å². The first-order valence-electron chi connectivity index (χ1n) is 19.8. The molecule has 3 aromatic rings. The quantitative estimate of drug-likeness (QED) is 0.0517. The van der Waals surface area contributed by atoms with Crippen LogP contribution in [-0.4, -0.2) is 65.0 Å². The minimum absolute atomic E-state index is 0. The summed E-state index contributed by atoms with van der Waals surface area (Å²) >= 11 is 7.38. The molecule has 0 spiro atoms. The second-order valence-corrected chi connectivity index (χ2v) is 26.4. The van der Waals surface area contributed by atoms with Crippen molar-refractivity contribution >= 4 is 67.7 Å². The Hall–Kier alpha value is -0.650. The third-order valence-corrected chi connectivity index (χ3v) is 9.24. The van der Waals surface area contributed by atoms with Gasteiger partial charge < -0.3 is 19.1 Å². The maximum Gasteiger partial charge on any atom is 0.317 e. The van der Waals surface area contributed by atoms with Gasteiger partial charge in [0.25, 0.3) is 0 Å². The third kappa shape index (κ3) is 31.0. The largest absolute Gasteiger partial charge is 0.482 e. The van der Waals surface area contributed by atoms with Crippen LogP contribution in [0.1, 0.15) is 152 Å². The van der Waals surface area contributed by atoms with Gasteiger partial charge in [-0.05, 0) is 75.1 Å². The number of halogens is 3. The number of hydrogen-bond acceptors (Lipinski definition) is 9. The summed E-state index contributed by atoms with van der Waals surface area (Å²) in [5.74, 6) is 6.37. The van der Waals surface area contributed by atoms with Crippen LogP contribution in [0.5, 0.6) is 17.2 Å². The summed E-state index contributed by atoms with van der Waals surface area (Å²) in [6.07, 6.45) is 2.06. The van der Waals surface area contributed by atoms with Crippen LogP contribution in [0, 0.1) is 0 Å². The van der Waals surface area contributed by atoms with Gasteiger partial charge in [-0.3, -0.25) is 13.7 Å². The summed E-state index contributed by atoms with van der Waals surface area (Å²) < 4.78 is 62.1.